The summed E-state index contributed by atoms with van der Waals surface area (Å²) in [5, 5.41) is 17.1. The number of esters is 4. The lowest BCUT2D eigenvalue weighted by molar-refractivity contribution is -0.201. The number of fused-ring (bicyclic) bond motifs is 4. The molecule has 5 fully saturated rings. The van der Waals surface area contributed by atoms with Crippen molar-refractivity contribution in [3.05, 3.63) is 76.9 Å². The van der Waals surface area contributed by atoms with Gasteiger partial charge in [-0.15, -0.1) is 0 Å². The van der Waals surface area contributed by atoms with Gasteiger partial charge in [-0.2, -0.15) is 5.06 Å². The van der Waals surface area contributed by atoms with Gasteiger partial charge < -0.3 is 44.2 Å². The van der Waals surface area contributed by atoms with Crippen LogP contribution in [-0.2, 0) is 70.3 Å². The molecule has 1 aliphatic carbocycles. The van der Waals surface area contributed by atoms with E-state index in [1.807, 2.05) is 0 Å². The molecule has 2 bridgehead atoms. The Morgan fingerprint density at radius 1 is 1.02 bits per heavy atom. The molecular formula is C43H51N3O14. The van der Waals surface area contributed by atoms with E-state index in [1.165, 1.54) is 11.1 Å². The van der Waals surface area contributed by atoms with Crippen LogP contribution in [0.25, 0.3) is 6.08 Å². The number of hydrogen-bond donors (Lipinski definition) is 3. The highest BCUT2D eigenvalue weighted by atomic mass is 16.8. The van der Waals surface area contributed by atoms with Crippen molar-refractivity contribution in [2.24, 2.45) is 10.8 Å². The first-order valence-electron chi connectivity index (χ1n) is 20.0. The van der Waals surface area contributed by atoms with E-state index in [0.717, 1.165) is 5.56 Å². The Balaban J connectivity index is 1.01. The quantitative estimate of drug-likeness (QED) is 0.142. The number of ether oxygens (including phenoxy) is 6. The first-order valence-corrected chi connectivity index (χ1v) is 20.0. The van der Waals surface area contributed by atoms with E-state index < -0.39 is 94.7 Å². The molecule has 4 aliphatic heterocycles. The van der Waals surface area contributed by atoms with E-state index in [-0.39, 0.29) is 57.9 Å². The van der Waals surface area contributed by atoms with Gasteiger partial charge in [0, 0.05) is 36.4 Å². The first kappa shape index (κ1) is 42.9. The molecule has 4 heterocycles. The van der Waals surface area contributed by atoms with Crippen LogP contribution in [0.4, 0.5) is 0 Å². The van der Waals surface area contributed by atoms with Crippen molar-refractivity contribution < 1.29 is 67.1 Å². The standard InChI is InChI=1S/C43H51N3O14/c1-41(2,3)59-31(49)16-14-28(21-47)45-37(50)27-8-6-7-26(17-27)19-44-40(53)43-18-29-32-33(56-23-55-32)35(43)60-46(34(43)38(51)57-29)20-25-11-9-24(10-12-25)13-15-30(48)58-36-39(52)54-22-42(36,4)5/h6-13,15,17,28-29,32-36,47H,14,16,18-23H2,1-5H3,(H,44,53)(H,45,50)/t28-,29+,32-,33-,34-,35+,36-,43-/m0/s1. The Labute approximate surface area is 346 Å². The van der Waals surface area contributed by atoms with E-state index in [2.05, 4.69) is 10.6 Å². The lowest BCUT2D eigenvalue weighted by Crippen LogP contribution is -2.69. The highest BCUT2D eigenvalue weighted by Gasteiger charge is 2.74. The van der Waals surface area contributed by atoms with Crippen molar-refractivity contribution >= 4 is 41.8 Å². The van der Waals surface area contributed by atoms with Gasteiger partial charge in [-0.3, -0.25) is 24.0 Å². The number of hydrogen-bond acceptors (Lipinski definition) is 15. The fraction of sp³-hybridized carbons (Fsp3) is 0.535. The number of aliphatic hydroxyl groups excluding tert-OH is 1. The van der Waals surface area contributed by atoms with E-state index in [4.69, 9.17) is 33.3 Å². The van der Waals surface area contributed by atoms with Crippen LogP contribution in [0.3, 0.4) is 0 Å². The molecule has 4 saturated heterocycles. The van der Waals surface area contributed by atoms with Crippen molar-refractivity contribution in [2.45, 2.75) is 115 Å². The van der Waals surface area contributed by atoms with Crippen molar-refractivity contribution in [2.75, 3.05) is 20.0 Å². The highest BCUT2D eigenvalue weighted by Crippen LogP contribution is 2.55. The zero-order valence-electron chi connectivity index (χ0n) is 34.2. The van der Waals surface area contributed by atoms with Crippen molar-refractivity contribution in [3.63, 3.8) is 0 Å². The molecule has 8 atom stereocenters. The molecule has 17 nitrogen and oxygen atoms in total. The molecule has 3 N–H and O–H groups in total. The van der Waals surface area contributed by atoms with Crippen LogP contribution in [-0.4, -0.2) is 114 Å². The van der Waals surface area contributed by atoms with Crippen LogP contribution >= 0.6 is 0 Å². The Bertz CT molecular complexity index is 2030. The molecule has 7 rings (SSSR count). The number of nitrogens with zero attached hydrogens (tertiary/aromatic N) is 1. The maximum atomic E-state index is 14.5. The number of hydroxylamine groups is 2. The lowest BCUT2D eigenvalue weighted by atomic mass is 9.62. The second kappa shape index (κ2) is 17.0. The molecule has 1 saturated carbocycles. The van der Waals surface area contributed by atoms with Gasteiger partial charge in [0.2, 0.25) is 12.0 Å². The fourth-order valence-corrected chi connectivity index (χ4v) is 8.33. The summed E-state index contributed by atoms with van der Waals surface area (Å²) < 4.78 is 33.3. The second-order valence-corrected chi connectivity index (χ2v) is 17.5. The Hall–Kier alpha value is -5.20. The second-order valence-electron chi connectivity index (χ2n) is 17.5. The van der Waals surface area contributed by atoms with Gasteiger partial charge in [0.1, 0.15) is 48.8 Å². The van der Waals surface area contributed by atoms with Crippen molar-refractivity contribution in [1.82, 2.24) is 15.7 Å². The third kappa shape index (κ3) is 8.95. The fourth-order valence-electron chi connectivity index (χ4n) is 8.33. The van der Waals surface area contributed by atoms with Gasteiger partial charge in [0.15, 0.2) is 6.04 Å². The lowest BCUT2D eigenvalue weighted by Gasteiger charge is -2.48. The summed E-state index contributed by atoms with van der Waals surface area (Å²) in [7, 11) is 0. The number of nitrogens with one attached hydrogen (secondary N) is 2. The predicted octanol–water partition coefficient (Wildman–Crippen LogP) is 2.27. The Morgan fingerprint density at radius 2 is 1.77 bits per heavy atom. The van der Waals surface area contributed by atoms with E-state index in [0.29, 0.717) is 11.1 Å². The zero-order chi connectivity index (χ0) is 43.0. The van der Waals surface area contributed by atoms with E-state index >= 15 is 0 Å². The number of aliphatic hydroxyl groups is 1. The minimum absolute atomic E-state index is 0.0118. The first-order chi connectivity index (χ1) is 28.5. The maximum Gasteiger partial charge on any atom is 0.348 e. The maximum absolute atomic E-state index is 14.5. The molecule has 2 amide bonds. The molecule has 2 aromatic rings. The summed E-state index contributed by atoms with van der Waals surface area (Å²) >= 11 is 0. The number of rotatable bonds is 14. The van der Waals surface area contributed by atoms with Crippen LogP contribution in [0.15, 0.2) is 54.6 Å². The topological polar surface area (TPSA) is 215 Å². The SMILES string of the molecule is CC(C)(C)OC(=O)CC[C@@H](CO)NC(=O)c1cccc(CNC(=O)[C@@]23C[C@H]4OC(=O)[C@@H]2N(Cc2ccc(C=CC(=O)O[C@H]5C(=O)OCC5(C)C)cc2)O[C@@H]3[C@H]2OCO[C@H]24)c1. The third-order valence-corrected chi connectivity index (χ3v) is 11.3. The smallest absolute Gasteiger partial charge is 0.348 e. The number of amides is 2. The molecule has 17 heteroatoms. The Morgan fingerprint density at radius 3 is 2.47 bits per heavy atom. The summed E-state index contributed by atoms with van der Waals surface area (Å²) in [6, 6.07) is 11.9. The van der Waals surface area contributed by atoms with Gasteiger partial charge in [-0.1, -0.05) is 50.2 Å². The minimum atomic E-state index is -1.41. The van der Waals surface area contributed by atoms with Gasteiger partial charge in [-0.05, 0) is 62.1 Å². The minimum Gasteiger partial charge on any atom is -0.462 e. The largest absolute Gasteiger partial charge is 0.462 e. The molecule has 0 unspecified atom stereocenters. The van der Waals surface area contributed by atoms with E-state index in [1.54, 1.807) is 89.2 Å². The molecule has 5 aliphatic rings. The van der Waals surface area contributed by atoms with Gasteiger partial charge in [0.05, 0.1) is 19.2 Å². The van der Waals surface area contributed by atoms with Crippen LogP contribution in [0, 0.1) is 10.8 Å². The molecular weight excluding hydrogens is 782 g/mol. The van der Waals surface area contributed by atoms with Gasteiger partial charge in [0.25, 0.3) is 5.91 Å². The average Bonchev–Trinajstić information content (AvgIpc) is 3.90. The van der Waals surface area contributed by atoms with Gasteiger partial charge >= 0.3 is 23.9 Å². The zero-order valence-corrected chi connectivity index (χ0v) is 34.2. The van der Waals surface area contributed by atoms with E-state index in [9.17, 15) is 33.9 Å². The summed E-state index contributed by atoms with van der Waals surface area (Å²) in [6.45, 7) is 8.68. The summed E-state index contributed by atoms with van der Waals surface area (Å²) in [5.41, 5.74) is -0.407. The molecule has 0 spiro atoms. The summed E-state index contributed by atoms with van der Waals surface area (Å²) in [6.07, 6.45) is -0.826. The van der Waals surface area contributed by atoms with Crippen molar-refractivity contribution in [1.29, 1.82) is 0 Å². The summed E-state index contributed by atoms with van der Waals surface area (Å²) in [5.74, 6) is -3.25. The third-order valence-electron chi connectivity index (χ3n) is 11.3. The molecule has 0 aromatic heterocycles. The van der Waals surface area contributed by atoms with Gasteiger partial charge in [-0.25, -0.2) is 9.59 Å². The number of cyclic esters (lactones) is 1. The summed E-state index contributed by atoms with van der Waals surface area (Å²) in [4.78, 5) is 84.7. The van der Waals surface area contributed by atoms with Crippen LogP contribution in [0.1, 0.15) is 80.9 Å². The molecule has 0 radical (unpaired) electrons. The monoisotopic (exact) mass is 833 g/mol. The molecule has 2 aromatic carbocycles. The number of carbonyl (C=O) groups is 6. The molecule has 322 valence electrons. The average molecular weight is 834 g/mol. The normalized spacial score (nSPS) is 28.4. The highest BCUT2D eigenvalue weighted by molar-refractivity contribution is 5.95. The van der Waals surface area contributed by atoms with Crippen LogP contribution < -0.4 is 10.6 Å². The molecule has 60 heavy (non-hydrogen) atoms. The predicted molar refractivity (Wildman–Crippen MR) is 208 cm³/mol. The Kier molecular flexibility index (Phi) is 12.2. The van der Waals surface area contributed by atoms with Crippen molar-refractivity contribution in [3.8, 4) is 0 Å². The number of benzene rings is 2. The van der Waals surface area contributed by atoms with Crippen LogP contribution in [0.5, 0.6) is 0 Å². The number of carbonyl (C=O) groups excluding carboxylic acids is 6. The van der Waals surface area contributed by atoms with Crippen LogP contribution in [0.2, 0.25) is 0 Å².